The van der Waals surface area contributed by atoms with E-state index in [1.165, 1.54) is 5.57 Å². The Bertz CT molecular complexity index is 482. The first-order chi connectivity index (χ1) is 8.08. The number of nitrogens with zero attached hydrogens (tertiary/aromatic N) is 1. The lowest BCUT2D eigenvalue weighted by molar-refractivity contribution is 0.0770. The molecule has 0 fully saturated rings. The van der Waals surface area contributed by atoms with Gasteiger partial charge in [-0.05, 0) is 31.5 Å². The summed E-state index contributed by atoms with van der Waals surface area (Å²) >= 11 is 5.88. The molecule has 0 aliphatic carbocycles. The van der Waals surface area contributed by atoms with Crippen LogP contribution >= 0.6 is 11.6 Å². The van der Waals surface area contributed by atoms with Crippen LogP contribution in [0, 0.1) is 0 Å². The van der Waals surface area contributed by atoms with Crippen molar-refractivity contribution in [2.24, 2.45) is 0 Å². The molecule has 4 heteroatoms. The van der Waals surface area contributed by atoms with E-state index in [1.54, 1.807) is 23.1 Å². The molecule has 2 rings (SSSR count). The minimum Gasteiger partial charge on any atom is -0.398 e. The summed E-state index contributed by atoms with van der Waals surface area (Å²) in [5.74, 6) is -0.0475. The van der Waals surface area contributed by atoms with E-state index < -0.39 is 0 Å². The highest BCUT2D eigenvalue weighted by Gasteiger charge is 2.19. The molecule has 3 nitrogen and oxygen atoms in total. The smallest absolute Gasteiger partial charge is 0.256 e. The standard InChI is InChI=1S/C13H15ClN2O/c1-9-4-6-16(7-5-9)13(17)11-8-10(14)2-3-12(11)15/h2-4,8H,5-7,15H2,1H3. The number of amides is 1. The van der Waals surface area contributed by atoms with Gasteiger partial charge >= 0.3 is 0 Å². The van der Waals surface area contributed by atoms with Crippen molar-refractivity contribution in [2.75, 3.05) is 18.8 Å². The Kier molecular flexibility index (Phi) is 3.38. The quantitative estimate of drug-likeness (QED) is 0.615. The van der Waals surface area contributed by atoms with Gasteiger partial charge in [0.2, 0.25) is 0 Å². The summed E-state index contributed by atoms with van der Waals surface area (Å²) in [6, 6.07) is 4.99. The summed E-state index contributed by atoms with van der Waals surface area (Å²) in [5.41, 5.74) is 8.10. The van der Waals surface area contributed by atoms with Crippen molar-refractivity contribution in [2.45, 2.75) is 13.3 Å². The van der Waals surface area contributed by atoms with Crippen LogP contribution < -0.4 is 5.73 Å². The first-order valence-corrected chi connectivity index (χ1v) is 5.95. The predicted molar refractivity (Wildman–Crippen MR) is 70.1 cm³/mol. The summed E-state index contributed by atoms with van der Waals surface area (Å²) < 4.78 is 0. The van der Waals surface area contributed by atoms with Gasteiger partial charge in [0.15, 0.2) is 0 Å². The molecule has 0 spiro atoms. The summed E-state index contributed by atoms with van der Waals surface area (Å²) in [5, 5.41) is 0.534. The molecule has 0 unspecified atom stereocenters. The molecule has 1 aromatic rings. The molecule has 0 saturated carbocycles. The third kappa shape index (κ3) is 2.61. The van der Waals surface area contributed by atoms with Crippen LogP contribution in [-0.4, -0.2) is 23.9 Å². The van der Waals surface area contributed by atoms with Crippen LogP contribution in [0.25, 0.3) is 0 Å². The molecule has 1 aliphatic rings. The van der Waals surface area contributed by atoms with Gasteiger partial charge in [-0.3, -0.25) is 4.79 Å². The number of nitrogen functional groups attached to an aromatic ring is 1. The van der Waals surface area contributed by atoms with E-state index in [0.29, 0.717) is 22.8 Å². The Morgan fingerprint density at radius 3 is 2.88 bits per heavy atom. The zero-order valence-corrected chi connectivity index (χ0v) is 10.5. The molecular weight excluding hydrogens is 236 g/mol. The summed E-state index contributed by atoms with van der Waals surface area (Å²) in [7, 11) is 0. The second-order valence-corrected chi connectivity index (χ2v) is 4.72. The van der Waals surface area contributed by atoms with Gasteiger partial charge in [0.1, 0.15) is 0 Å². The maximum absolute atomic E-state index is 12.2. The van der Waals surface area contributed by atoms with Gasteiger partial charge in [-0.2, -0.15) is 0 Å². The molecule has 17 heavy (non-hydrogen) atoms. The lowest BCUT2D eigenvalue weighted by Crippen LogP contribution is -2.35. The lowest BCUT2D eigenvalue weighted by Gasteiger charge is -2.26. The van der Waals surface area contributed by atoms with E-state index in [-0.39, 0.29) is 5.91 Å². The molecule has 90 valence electrons. The zero-order valence-electron chi connectivity index (χ0n) is 9.74. The number of rotatable bonds is 1. The Morgan fingerprint density at radius 1 is 1.47 bits per heavy atom. The van der Waals surface area contributed by atoms with Gasteiger partial charge in [0.25, 0.3) is 5.91 Å². The minimum atomic E-state index is -0.0475. The maximum Gasteiger partial charge on any atom is 0.256 e. The van der Waals surface area contributed by atoms with Crippen LogP contribution in [0.15, 0.2) is 29.8 Å². The van der Waals surface area contributed by atoms with Gasteiger partial charge in [-0.25, -0.2) is 0 Å². The number of hydrogen-bond donors (Lipinski definition) is 1. The van der Waals surface area contributed by atoms with Gasteiger partial charge in [-0.1, -0.05) is 23.3 Å². The molecule has 0 saturated heterocycles. The number of nitrogens with two attached hydrogens (primary N) is 1. The van der Waals surface area contributed by atoms with Crippen molar-refractivity contribution >= 4 is 23.2 Å². The third-order valence-corrected chi connectivity index (χ3v) is 3.20. The Morgan fingerprint density at radius 2 is 2.24 bits per heavy atom. The fourth-order valence-corrected chi connectivity index (χ4v) is 2.01. The molecule has 0 aromatic heterocycles. The van der Waals surface area contributed by atoms with Crippen LogP contribution in [-0.2, 0) is 0 Å². The average molecular weight is 251 g/mol. The molecule has 1 aliphatic heterocycles. The van der Waals surface area contributed by atoms with Crippen molar-refractivity contribution in [3.8, 4) is 0 Å². The van der Waals surface area contributed by atoms with E-state index in [1.807, 2.05) is 0 Å². The second kappa shape index (κ2) is 4.80. The van der Waals surface area contributed by atoms with Crippen molar-refractivity contribution in [1.82, 2.24) is 4.90 Å². The predicted octanol–water partition coefficient (Wildman–Crippen LogP) is 2.71. The fourth-order valence-electron chi connectivity index (χ4n) is 1.84. The Balaban J connectivity index is 2.23. The molecule has 1 heterocycles. The number of carbonyl (C=O) groups excluding carboxylic acids is 1. The highest BCUT2D eigenvalue weighted by Crippen LogP contribution is 2.21. The van der Waals surface area contributed by atoms with Crippen molar-refractivity contribution < 1.29 is 4.79 Å². The number of hydrogen-bond acceptors (Lipinski definition) is 2. The van der Waals surface area contributed by atoms with Gasteiger partial charge in [0, 0.05) is 23.8 Å². The fraction of sp³-hybridized carbons (Fsp3) is 0.308. The molecule has 1 aromatic carbocycles. The van der Waals surface area contributed by atoms with Gasteiger partial charge in [-0.15, -0.1) is 0 Å². The van der Waals surface area contributed by atoms with Crippen molar-refractivity contribution in [3.05, 3.63) is 40.4 Å². The van der Waals surface area contributed by atoms with Gasteiger partial charge < -0.3 is 10.6 Å². The van der Waals surface area contributed by atoms with E-state index >= 15 is 0 Å². The monoisotopic (exact) mass is 250 g/mol. The van der Waals surface area contributed by atoms with Crippen LogP contribution in [0.2, 0.25) is 5.02 Å². The van der Waals surface area contributed by atoms with Crippen molar-refractivity contribution in [1.29, 1.82) is 0 Å². The Hall–Kier alpha value is -1.48. The summed E-state index contributed by atoms with van der Waals surface area (Å²) in [6.07, 6.45) is 2.99. The molecule has 1 amide bonds. The third-order valence-electron chi connectivity index (χ3n) is 2.97. The molecule has 0 radical (unpaired) electrons. The molecule has 0 bridgehead atoms. The first-order valence-electron chi connectivity index (χ1n) is 5.58. The largest absolute Gasteiger partial charge is 0.398 e. The molecule has 0 atom stereocenters. The lowest BCUT2D eigenvalue weighted by atomic mass is 10.1. The molecule has 2 N–H and O–H groups in total. The van der Waals surface area contributed by atoms with Crippen molar-refractivity contribution in [3.63, 3.8) is 0 Å². The van der Waals surface area contributed by atoms with E-state index in [2.05, 4.69) is 13.0 Å². The van der Waals surface area contributed by atoms with E-state index in [4.69, 9.17) is 17.3 Å². The Labute approximate surface area is 106 Å². The zero-order chi connectivity index (χ0) is 12.4. The topological polar surface area (TPSA) is 46.3 Å². The summed E-state index contributed by atoms with van der Waals surface area (Å²) in [4.78, 5) is 14.0. The first kappa shape index (κ1) is 12.0. The van der Waals surface area contributed by atoms with Crippen LogP contribution in [0.1, 0.15) is 23.7 Å². The maximum atomic E-state index is 12.2. The van der Waals surface area contributed by atoms with Gasteiger partial charge in [0.05, 0.1) is 5.56 Å². The van der Waals surface area contributed by atoms with Crippen LogP contribution in [0.4, 0.5) is 5.69 Å². The second-order valence-electron chi connectivity index (χ2n) is 4.28. The van der Waals surface area contributed by atoms with Crippen LogP contribution in [0.5, 0.6) is 0 Å². The number of benzene rings is 1. The van der Waals surface area contributed by atoms with Crippen LogP contribution in [0.3, 0.4) is 0 Å². The normalized spacial score (nSPS) is 15.6. The highest BCUT2D eigenvalue weighted by atomic mass is 35.5. The number of anilines is 1. The number of carbonyl (C=O) groups is 1. The highest BCUT2D eigenvalue weighted by molar-refractivity contribution is 6.31. The SMILES string of the molecule is CC1=CCN(C(=O)c2cc(Cl)ccc2N)CC1. The average Bonchev–Trinajstić information content (AvgIpc) is 2.32. The molecular formula is C13H15ClN2O. The van der Waals surface area contributed by atoms with E-state index in [9.17, 15) is 4.79 Å². The van der Waals surface area contributed by atoms with E-state index in [0.717, 1.165) is 13.0 Å². The number of halogens is 1. The summed E-state index contributed by atoms with van der Waals surface area (Å²) in [6.45, 7) is 3.47. The minimum absolute atomic E-state index is 0.0475.